The number of carbonyl (C=O) groups is 1. The fourth-order valence-corrected chi connectivity index (χ4v) is 4.77. The van der Waals surface area contributed by atoms with E-state index in [4.69, 9.17) is 16.3 Å². The highest BCUT2D eigenvalue weighted by Gasteiger charge is 2.14. The van der Waals surface area contributed by atoms with Gasteiger partial charge in [-0.3, -0.25) is 4.79 Å². The van der Waals surface area contributed by atoms with Crippen LogP contribution in [0, 0.1) is 11.3 Å². The number of anilines is 1. The number of hydrogen-bond donors (Lipinski definition) is 1. The highest BCUT2D eigenvalue weighted by Crippen LogP contribution is 2.36. The molecule has 4 rings (SSSR count). The van der Waals surface area contributed by atoms with Gasteiger partial charge in [-0.1, -0.05) is 48.9 Å². The third kappa shape index (κ3) is 6.56. The lowest BCUT2D eigenvalue weighted by molar-refractivity contribution is -0.115. The molecular weight excluding hydrogens is 508 g/mol. The minimum atomic E-state index is -3.30. The van der Waals surface area contributed by atoms with E-state index >= 15 is 0 Å². The number of nitrogens with zero attached hydrogens (tertiary/aromatic N) is 1. The predicted molar refractivity (Wildman–Crippen MR) is 145 cm³/mol. The van der Waals surface area contributed by atoms with Crippen molar-refractivity contribution in [3.63, 3.8) is 0 Å². The van der Waals surface area contributed by atoms with Crippen LogP contribution in [0.5, 0.6) is 11.5 Å². The van der Waals surface area contributed by atoms with Crippen molar-refractivity contribution in [2.75, 3.05) is 11.1 Å². The Morgan fingerprint density at radius 3 is 2.43 bits per heavy atom. The highest BCUT2D eigenvalue weighted by molar-refractivity contribution is 7.91. The van der Waals surface area contributed by atoms with Crippen LogP contribution < -0.4 is 10.1 Å². The average Bonchev–Trinajstić information content (AvgIpc) is 2.89. The van der Waals surface area contributed by atoms with Crippen molar-refractivity contribution < 1.29 is 17.9 Å². The van der Waals surface area contributed by atoms with Crippen LogP contribution in [-0.4, -0.2) is 20.1 Å². The molecule has 1 N–H and O–H groups in total. The Hall–Kier alpha value is -4.12. The summed E-state index contributed by atoms with van der Waals surface area (Å²) in [6.07, 6.45) is 0.0723. The molecule has 4 aromatic rings. The van der Waals surface area contributed by atoms with E-state index in [2.05, 4.69) is 11.4 Å². The zero-order valence-corrected chi connectivity index (χ0v) is 21.5. The van der Waals surface area contributed by atoms with Gasteiger partial charge in [-0.25, -0.2) is 8.42 Å². The van der Waals surface area contributed by atoms with Crippen molar-refractivity contribution in [1.29, 1.82) is 5.26 Å². The van der Waals surface area contributed by atoms with E-state index in [1.54, 1.807) is 73.7 Å². The second-order valence-corrected chi connectivity index (χ2v) is 10.9. The van der Waals surface area contributed by atoms with Crippen LogP contribution in [-0.2, 0) is 21.1 Å². The quantitative estimate of drug-likeness (QED) is 0.275. The van der Waals surface area contributed by atoms with E-state index in [-0.39, 0.29) is 23.0 Å². The second-order valence-electron chi connectivity index (χ2n) is 8.24. The van der Waals surface area contributed by atoms with E-state index in [1.165, 1.54) is 12.1 Å². The minimum absolute atomic E-state index is 0.0171. The monoisotopic (exact) mass is 530 g/mol. The van der Waals surface area contributed by atoms with Crippen molar-refractivity contribution in [3.05, 3.63) is 107 Å². The van der Waals surface area contributed by atoms with E-state index in [1.807, 2.05) is 12.1 Å². The summed E-state index contributed by atoms with van der Waals surface area (Å²) in [5, 5.41) is 12.7. The number of nitrogens with one attached hydrogen (secondary N) is 1. The van der Waals surface area contributed by atoms with Gasteiger partial charge in [-0.2, -0.15) is 5.26 Å². The number of rotatable bonds is 8. The van der Waals surface area contributed by atoms with Crippen molar-refractivity contribution in [1.82, 2.24) is 0 Å². The van der Waals surface area contributed by atoms with Crippen LogP contribution in [0.25, 0.3) is 11.1 Å². The third-order valence-electron chi connectivity index (χ3n) is 5.62. The van der Waals surface area contributed by atoms with Gasteiger partial charge in [-0.15, -0.1) is 0 Å². The molecule has 0 aliphatic heterocycles. The Morgan fingerprint density at radius 1 is 0.973 bits per heavy atom. The second kappa shape index (κ2) is 11.3. The summed E-state index contributed by atoms with van der Waals surface area (Å²) in [6, 6.07) is 27.9. The van der Waals surface area contributed by atoms with Crippen LogP contribution in [0.1, 0.15) is 18.1 Å². The molecule has 8 heteroatoms. The minimum Gasteiger partial charge on any atom is -0.457 e. The SMILES string of the molecule is CCS(=O)(=O)c1ccc(CC(=O)Nc2ccc(-c3cccc(C#N)c3)c(Oc3cccc(Cl)c3)c2)cc1. The number of ether oxygens (including phenoxy) is 1. The Morgan fingerprint density at radius 2 is 1.73 bits per heavy atom. The van der Waals surface area contributed by atoms with E-state index < -0.39 is 9.84 Å². The normalized spacial score (nSPS) is 10.9. The lowest BCUT2D eigenvalue weighted by Crippen LogP contribution is -2.14. The van der Waals surface area contributed by atoms with Crippen molar-refractivity contribution in [2.45, 2.75) is 18.2 Å². The molecule has 0 fully saturated rings. The van der Waals surface area contributed by atoms with Gasteiger partial charge in [0.1, 0.15) is 11.5 Å². The first kappa shape index (κ1) is 26.0. The zero-order chi connectivity index (χ0) is 26.4. The molecule has 0 atom stereocenters. The Bertz CT molecular complexity index is 1590. The van der Waals surface area contributed by atoms with Gasteiger partial charge >= 0.3 is 0 Å². The summed E-state index contributed by atoms with van der Waals surface area (Å²) in [6.45, 7) is 1.59. The Labute approximate surface area is 221 Å². The molecule has 186 valence electrons. The van der Waals surface area contributed by atoms with Crippen molar-refractivity contribution >= 4 is 33.0 Å². The number of amides is 1. The smallest absolute Gasteiger partial charge is 0.228 e. The summed E-state index contributed by atoms with van der Waals surface area (Å²) in [7, 11) is -3.30. The lowest BCUT2D eigenvalue weighted by Gasteiger charge is -2.15. The van der Waals surface area contributed by atoms with Crippen LogP contribution in [0.3, 0.4) is 0 Å². The molecule has 0 radical (unpaired) electrons. The molecular formula is C29H23ClN2O4S. The summed E-state index contributed by atoms with van der Waals surface area (Å²) in [4.78, 5) is 13.0. The highest BCUT2D eigenvalue weighted by atomic mass is 35.5. The zero-order valence-electron chi connectivity index (χ0n) is 19.9. The molecule has 0 bridgehead atoms. The number of sulfone groups is 1. The molecule has 0 aromatic heterocycles. The Kier molecular flexibility index (Phi) is 7.92. The van der Waals surface area contributed by atoms with E-state index in [0.29, 0.717) is 33.3 Å². The number of carbonyl (C=O) groups excluding carboxylic acids is 1. The molecule has 6 nitrogen and oxygen atoms in total. The molecule has 0 spiro atoms. The van der Waals surface area contributed by atoms with Crippen LogP contribution in [0.2, 0.25) is 5.02 Å². The average molecular weight is 531 g/mol. The predicted octanol–water partition coefficient (Wildman–Crippen LogP) is 6.65. The lowest BCUT2D eigenvalue weighted by atomic mass is 10.0. The molecule has 1 amide bonds. The summed E-state index contributed by atoms with van der Waals surface area (Å²) in [5.74, 6) is 0.752. The van der Waals surface area contributed by atoms with Gasteiger partial charge in [0.05, 0.1) is 28.7 Å². The molecule has 0 heterocycles. The Balaban J connectivity index is 1.59. The first-order valence-electron chi connectivity index (χ1n) is 11.5. The molecule has 4 aromatic carbocycles. The van der Waals surface area contributed by atoms with Crippen LogP contribution in [0.15, 0.2) is 95.9 Å². The fourth-order valence-electron chi connectivity index (χ4n) is 3.71. The van der Waals surface area contributed by atoms with Gasteiger partial charge in [0.2, 0.25) is 5.91 Å². The maximum Gasteiger partial charge on any atom is 0.228 e. The van der Waals surface area contributed by atoms with E-state index in [9.17, 15) is 18.5 Å². The standard InChI is InChI=1S/C29H23ClN2O4S/c1-2-37(34,35)26-12-9-20(10-13-26)16-29(33)32-24-11-14-27(22-6-3-5-21(15-22)19-31)28(18-24)36-25-8-4-7-23(30)17-25/h3-15,17-18H,2,16H2,1H3,(H,32,33). The molecule has 0 unspecified atom stereocenters. The summed E-state index contributed by atoms with van der Waals surface area (Å²) < 4.78 is 30.2. The summed E-state index contributed by atoms with van der Waals surface area (Å²) in [5.41, 5.74) is 3.25. The van der Waals surface area contributed by atoms with Crippen molar-refractivity contribution in [2.24, 2.45) is 0 Å². The van der Waals surface area contributed by atoms with Crippen LogP contribution in [0.4, 0.5) is 5.69 Å². The third-order valence-corrected chi connectivity index (χ3v) is 7.60. The van der Waals surface area contributed by atoms with Gasteiger partial charge < -0.3 is 10.1 Å². The van der Waals surface area contributed by atoms with Gasteiger partial charge in [0.25, 0.3) is 0 Å². The number of hydrogen-bond acceptors (Lipinski definition) is 5. The first-order valence-corrected chi connectivity index (χ1v) is 13.5. The molecule has 37 heavy (non-hydrogen) atoms. The maximum atomic E-state index is 12.7. The first-order chi connectivity index (χ1) is 17.8. The number of benzene rings is 4. The summed E-state index contributed by atoms with van der Waals surface area (Å²) >= 11 is 6.12. The molecule has 0 aliphatic rings. The van der Waals surface area contributed by atoms with Gasteiger partial charge in [0.15, 0.2) is 9.84 Å². The van der Waals surface area contributed by atoms with Gasteiger partial charge in [0, 0.05) is 22.3 Å². The topological polar surface area (TPSA) is 96.3 Å². The molecule has 0 saturated heterocycles. The molecule has 0 saturated carbocycles. The largest absolute Gasteiger partial charge is 0.457 e. The van der Waals surface area contributed by atoms with Crippen molar-refractivity contribution in [3.8, 4) is 28.7 Å². The van der Waals surface area contributed by atoms with E-state index in [0.717, 1.165) is 11.1 Å². The van der Waals surface area contributed by atoms with Crippen LogP contribution >= 0.6 is 11.6 Å². The number of nitriles is 1. The fraction of sp³-hybridized carbons (Fsp3) is 0.103. The maximum absolute atomic E-state index is 12.7. The number of halogens is 1. The molecule has 0 aliphatic carbocycles. The van der Waals surface area contributed by atoms with Gasteiger partial charge in [-0.05, 0) is 65.7 Å².